The summed E-state index contributed by atoms with van der Waals surface area (Å²) in [5, 5.41) is 3.61. The lowest BCUT2D eigenvalue weighted by Gasteiger charge is -2.42. The monoisotopic (exact) mass is 269 g/mol. The second kappa shape index (κ2) is 8.23. The number of likely N-dealkylation sites (tertiary alicyclic amines) is 1. The van der Waals surface area contributed by atoms with Crippen LogP contribution in [0.25, 0.3) is 0 Å². The molecule has 1 N–H and O–H groups in total. The van der Waals surface area contributed by atoms with Crippen LogP contribution < -0.4 is 5.32 Å². The van der Waals surface area contributed by atoms with Gasteiger partial charge in [-0.25, -0.2) is 0 Å². The molecule has 0 aromatic carbocycles. The fourth-order valence-electron chi connectivity index (χ4n) is 3.12. The van der Waals surface area contributed by atoms with E-state index in [0.29, 0.717) is 18.0 Å². The van der Waals surface area contributed by atoms with Crippen molar-refractivity contribution in [3.8, 4) is 0 Å². The molecular weight excluding hydrogens is 234 g/mol. The van der Waals surface area contributed by atoms with E-state index in [-0.39, 0.29) is 0 Å². The molecule has 1 saturated heterocycles. The standard InChI is InChI=1S/C16H35N3/c1-7-19-10-8-15(9-11-19)18(6)16(13(2)3)12-17-14(4)5/h13-17H,7-12H2,1-6H3. The van der Waals surface area contributed by atoms with Gasteiger partial charge in [0.05, 0.1) is 0 Å². The van der Waals surface area contributed by atoms with Gasteiger partial charge in [0.15, 0.2) is 0 Å². The third-order valence-corrected chi connectivity index (χ3v) is 4.61. The van der Waals surface area contributed by atoms with Gasteiger partial charge < -0.3 is 10.2 Å². The summed E-state index contributed by atoms with van der Waals surface area (Å²) >= 11 is 0. The van der Waals surface area contributed by atoms with Crippen LogP contribution in [0.4, 0.5) is 0 Å². The highest BCUT2D eigenvalue weighted by atomic mass is 15.2. The molecule has 1 rings (SSSR count). The van der Waals surface area contributed by atoms with Gasteiger partial charge in [0, 0.05) is 24.7 Å². The minimum atomic E-state index is 0.580. The van der Waals surface area contributed by atoms with Gasteiger partial charge in [0.25, 0.3) is 0 Å². The number of nitrogens with zero attached hydrogens (tertiary/aromatic N) is 2. The molecule has 0 bridgehead atoms. The van der Waals surface area contributed by atoms with Gasteiger partial charge in [-0.1, -0.05) is 34.6 Å². The largest absolute Gasteiger partial charge is 0.313 e. The molecule has 3 nitrogen and oxygen atoms in total. The first-order valence-corrected chi connectivity index (χ1v) is 8.13. The van der Waals surface area contributed by atoms with E-state index in [1.54, 1.807) is 0 Å². The highest BCUT2D eigenvalue weighted by molar-refractivity contribution is 4.84. The Bertz CT molecular complexity index is 232. The molecule has 1 heterocycles. The Balaban J connectivity index is 2.49. The van der Waals surface area contributed by atoms with Crippen LogP contribution in [0.5, 0.6) is 0 Å². The van der Waals surface area contributed by atoms with Gasteiger partial charge in [-0.3, -0.25) is 4.90 Å². The first-order chi connectivity index (χ1) is 8.95. The molecule has 3 heteroatoms. The fourth-order valence-corrected chi connectivity index (χ4v) is 3.12. The van der Waals surface area contributed by atoms with E-state index in [9.17, 15) is 0 Å². The predicted molar refractivity (Wildman–Crippen MR) is 84.7 cm³/mol. The maximum Gasteiger partial charge on any atom is 0.0243 e. The molecular formula is C16H35N3. The smallest absolute Gasteiger partial charge is 0.0243 e. The zero-order chi connectivity index (χ0) is 14.4. The number of hydrogen-bond acceptors (Lipinski definition) is 3. The van der Waals surface area contributed by atoms with Crippen molar-refractivity contribution in [3.05, 3.63) is 0 Å². The van der Waals surface area contributed by atoms with Crippen LogP contribution >= 0.6 is 0 Å². The van der Waals surface area contributed by atoms with Crippen LogP contribution in [0.15, 0.2) is 0 Å². The van der Waals surface area contributed by atoms with Gasteiger partial charge in [-0.2, -0.15) is 0 Å². The van der Waals surface area contributed by atoms with Gasteiger partial charge in [-0.15, -0.1) is 0 Å². The van der Waals surface area contributed by atoms with Gasteiger partial charge >= 0.3 is 0 Å². The summed E-state index contributed by atoms with van der Waals surface area (Å²) in [5.74, 6) is 0.709. The first kappa shape index (κ1) is 16.9. The van der Waals surface area contributed by atoms with E-state index in [0.717, 1.165) is 12.6 Å². The molecule has 0 aromatic heterocycles. The highest BCUT2D eigenvalue weighted by Crippen LogP contribution is 2.20. The van der Waals surface area contributed by atoms with Crippen molar-refractivity contribution in [2.75, 3.05) is 33.2 Å². The summed E-state index contributed by atoms with van der Waals surface area (Å²) in [4.78, 5) is 5.22. The Hall–Kier alpha value is -0.120. The Labute approximate surface area is 120 Å². The second-order valence-corrected chi connectivity index (χ2v) is 6.71. The van der Waals surface area contributed by atoms with E-state index in [1.807, 2.05) is 0 Å². The molecule has 0 saturated carbocycles. The van der Waals surface area contributed by atoms with Crippen LogP contribution in [0.1, 0.15) is 47.5 Å². The Morgan fingerprint density at radius 1 is 1.16 bits per heavy atom. The van der Waals surface area contributed by atoms with Crippen molar-refractivity contribution in [2.24, 2.45) is 5.92 Å². The Morgan fingerprint density at radius 3 is 2.16 bits per heavy atom. The molecule has 1 aliphatic rings. The van der Waals surface area contributed by atoms with E-state index < -0.39 is 0 Å². The van der Waals surface area contributed by atoms with Crippen LogP contribution in [0.2, 0.25) is 0 Å². The SMILES string of the molecule is CCN1CCC(N(C)C(CNC(C)C)C(C)C)CC1. The molecule has 0 radical (unpaired) electrons. The maximum atomic E-state index is 3.61. The van der Waals surface area contributed by atoms with Crippen LogP contribution in [0.3, 0.4) is 0 Å². The summed E-state index contributed by atoms with van der Waals surface area (Å²) < 4.78 is 0. The average Bonchev–Trinajstić information content (AvgIpc) is 2.38. The van der Waals surface area contributed by atoms with Gasteiger partial charge in [0.2, 0.25) is 0 Å². The molecule has 19 heavy (non-hydrogen) atoms. The second-order valence-electron chi connectivity index (χ2n) is 6.71. The minimum Gasteiger partial charge on any atom is -0.313 e. The fraction of sp³-hybridized carbons (Fsp3) is 1.00. The summed E-state index contributed by atoms with van der Waals surface area (Å²) in [5.41, 5.74) is 0. The van der Waals surface area contributed by atoms with Crippen LogP contribution in [-0.4, -0.2) is 61.2 Å². The molecule has 0 amide bonds. The van der Waals surface area contributed by atoms with E-state index in [1.165, 1.54) is 32.5 Å². The minimum absolute atomic E-state index is 0.580. The number of nitrogens with one attached hydrogen (secondary N) is 1. The molecule has 0 aromatic rings. The van der Waals surface area contributed by atoms with Crippen LogP contribution in [-0.2, 0) is 0 Å². The Kier molecular flexibility index (Phi) is 7.33. The molecule has 114 valence electrons. The van der Waals surface area contributed by atoms with Crippen molar-refractivity contribution >= 4 is 0 Å². The Morgan fingerprint density at radius 2 is 1.74 bits per heavy atom. The average molecular weight is 269 g/mol. The molecule has 1 atom stereocenters. The number of piperidine rings is 1. The summed E-state index contributed by atoms with van der Waals surface area (Å²) in [6, 6.07) is 2.00. The highest BCUT2D eigenvalue weighted by Gasteiger charge is 2.28. The van der Waals surface area contributed by atoms with Crippen molar-refractivity contribution in [3.63, 3.8) is 0 Å². The molecule has 0 spiro atoms. The van der Waals surface area contributed by atoms with Crippen molar-refractivity contribution in [1.29, 1.82) is 0 Å². The van der Waals surface area contributed by atoms with Gasteiger partial charge in [-0.05, 0) is 45.4 Å². The van der Waals surface area contributed by atoms with Crippen molar-refractivity contribution in [1.82, 2.24) is 15.1 Å². The lowest BCUT2D eigenvalue weighted by Crippen LogP contribution is -2.52. The zero-order valence-electron chi connectivity index (χ0n) is 13.9. The quantitative estimate of drug-likeness (QED) is 0.766. The summed E-state index contributed by atoms with van der Waals surface area (Å²) in [6.07, 6.45) is 2.66. The lowest BCUT2D eigenvalue weighted by atomic mass is 9.96. The third-order valence-electron chi connectivity index (χ3n) is 4.61. The first-order valence-electron chi connectivity index (χ1n) is 8.13. The molecule has 0 aliphatic carbocycles. The number of hydrogen-bond donors (Lipinski definition) is 1. The molecule has 1 unspecified atom stereocenters. The number of rotatable bonds is 7. The van der Waals surface area contributed by atoms with Crippen molar-refractivity contribution < 1.29 is 0 Å². The third kappa shape index (κ3) is 5.41. The lowest BCUT2D eigenvalue weighted by molar-refractivity contribution is 0.0779. The summed E-state index contributed by atoms with van der Waals surface area (Å²) in [7, 11) is 2.33. The van der Waals surface area contributed by atoms with E-state index in [4.69, 9.17) is 0 Å². The molecule has 1 fully saturated rings. The zero-order valence-corrected chi connectivity index (χ0v) is 13.9. The topological polar surface area (TPSA) is 18.5 Å². The van der Waals surface area contributed by atoms with E-state index >= 15 is 0 Å². The summed E-state index contributed by atoms with van der Waals surface area (Å²) in [6.45, 7) is 16.3. The molecule has 1 aliphatic heterocycles. The van der Waals surface area contributed by atoms with Crippen molar-refractivity contribution in [2.45, 2.75) is 65.6 Å². The maximum absolute atomic E-state index is 3.61. The number of likely N-dealkylation sites (N-methyl/N-ethyl adjacent to an activating group) is 1. The normalized spacial score (nSPS) is 20.7. The van der Waals surface area contributed by atoms with E-state index in [2.05, 4.69) is 56.8 Å². The van der Waals surface area contributed by atoms with Crippen LogP contribution in [0, 0.1) is 5.92 Å². The van der Waals surface area contributed by atoms with Gasteiger partial charge in [0.1, 0.15) is 0 Å². The predicted octanol–water partition coefficient (Wildman–Crippen LogP) is 2.43.